The molecule has 6 heteroatoms. The Balaban J connectivity index is 1.93. The van der Waals surface area contributed by atoms with Crippen LogP contribution in [0.4, 0.5) is 5.69 Å². The number of nitrogens with two attached hydrogens (primary N) is 1. The Kier molecular flexibility index (Phi) is 3.64. The van der Waals surface area contributed by atoms with Crippen molar-refractivity contribution in [3.05, 3.63) is 23.8 Å². The molecule has 0 atom stereocenters. The van der Waals surface area contributed by atoms with Gasteiger partial charge in [-0.25, -0.2) is 8.42 Å². The lowest BCUT2D eigenvalue weighted by atomic mass is 10.2. The van der Waals surface area contributed by atoms with Crippen molar-refractivity contribution in [3.8, 4) is 6.07 Å². The third kappa shape index (κ3) is 3.20. The van der Waals surface area contributed by atoms with E-state index in [0.29, 0.717) is 30.6 Å². The fourth-order valence-electron chi connectivity index (χ4n) is 2.45. The zero-order chi connectivity index (χ0) is 15.0. The third-order valence-corrected chi connectivity index (χ3v) is 5.95. The van der Waals surface area contributed by atoms with Gasteiger partial charge in [-0.3, -0.25) is 0 Å². The van der Waals surface area contributed by atoms with Gasteiger partial charge < -0.3 is 5.73 Å². The van der Waals surface area contributed by atoms with Crippen LogP contribution in [0.5, 0.6) is 0 Å². The van der Waals surface area contributed by atoms with Gasteiger partial charge in [0.1, 0.15) is 11.0 Å². The first-order valence-electron chi connectivity index (χ1n) is 7.30. The Morgan fingerprint density at radius 3 is 2.24 bits per heavy atom. The summed E-state index contributed by atoms with van der Waals surface area (Å²) in [5, 5.41) is 9.19. The Labute approximate surface area is 125 Å². The molecular weight excluding hydrogens is 286 g/mol. The molecule has 3 rings (SSSR count). The van der Waals surface area contributed by atoms with Crippen molar-refractivity contribution >= 4 is 15.7 Å². The van der Waals surface area contributed by atoms with Gasteiger partial charge in [-0.2, -0.15) is 9.57 Å². The maximum absolute atomic E-state index is 12.9. The molecule has 0 heterocycles. The molecule has 0 amide bonds. The number of rotatable bonds is 6. The van der Waals surface area contributed by atoms with Crippen molar-refractivity contribution in [2.75, 3.05) is 18.8 Å². The topological polar surface area (TPSA) is 87.2 Å². The number of benzene rings is 1. The second kappa shape index (κ2) is 5.32. The summed E-state index contributed by atoms with van der Waals surface area (Å²) in [4.78, 5) is 0.0838. The Morgan fingerprint density at radius 2 is 1.76 bits per heavy atom. The first kappa shape index (κ1) is 14.4. The molecule has 0 aliphatic heterocycles. The predicted octanol–water partition coefficient (Wildman–Crippen LogP) is 1.95. The summed E-state index contributed by atoms with van der Waals surface area (Å²) < 4.78 is 27.3. The normalized spacial score (nSPS) is 18.7. The number of hydrogen-bond acceptors (Lipinski definition) is 4. The SMILES string of the molecule is N#Cc1cc(N)ccc1S(=O)(=O)N(CC1CC1)CC1CC1. The molecule has 0 saturated heterocycles. The summed E-state index contributed by atoms with van der Waals surface area (Å²) in [6.45, 7) is 1.15. The van der Waals surface area contributed by atoms with Crippen LogP contribution in [0.1, 0.15) is 31.2 Å². The summed E-state index contributed by atoms with van der Waals surface area (Å²) in [5.41, 5.74) is 6.18. The Hall–Kier alpha value is -1.58. The van der Waals surface area contributed by atoms with Crippen LogP contribution >= 0.6 is 0 Å². The van der Waals surface area contributed by atoms with Gasteiger partial charge in [0.05, 0.1) is 5.56 Å². The molecule has 0 bridgehead atoms. The quantitative estimate of drug-likeness (QED) is 0.814. The second-order valence-corrected chi connectivity index (χ2v) is 7.98. The largest absolute Gasteiger partial charge is 0.399 e. The van der Waals surface area contributed by atoms with Gasteiger partial charge in [0.2, 0.25) is 10.0 Å². The van der Waals surface area contributed by atoms with E-state index in [2.05, 4.69) is 0 Å². The van der Waals surface area contributed by atoms with E-state index in [1.165, 1.54) is 12.1 Å². The minimum atomic E-state index is -3.62. The zero-order valence-corrected chi connectivity index (χ0v) is 12.6. The molecule has 5 nitrogen and oxygen atoms in total. The van der Waals surface area contributed by atoms with Crippen molar-refractivity contribution in [1.82, 2.24) is 4.31 Å². The number of sulfonamides is 1. The van der Waals surface area contributed by atoms with Gasteiger partial charge in [0.15, 0.2) is 0 Å². The molecule has 2 aliphatic rings. The van der Waals surface area contributed by atoms with Crippen LogP contribution in [0.15, 0.2) is 23.1 Å². The minimum absolute atomic E-state index is 0.0838. The highest BCUT2D eigenvalue weighted by Gasteiger charge is 2.36. The minimum Gasteiger partial charge on any atom is -0.399 e. The van der Waals surface area contributed by atoms with E-state index in [0.717, 1.165) is 25.7 Å². The van der Waals surface area contributed by atoms with Crippen molar-refractivity contribution in [2.24, 2.45) is 11.8 Å². The maximum atomic E-state index is 12.9. The van der Waals surface area contributed by atoms with Crippen LogP contribution in [-0.2, 0) is 10.0 Å². The van der Waals surface area contributed by atoms with Crippen molar-refractivity contribution in [3.63, 3.8) is 0 Å². The van der Waals surface area contributed by atoms with Gasteiger partial charge >= 0.3 is 0 Å². The zero-order valence-electron chi connectivity index (χ0n) is 11.8. The average molecular weight is 305 g/mol. The number of nitriles is 1. The van der Waals surface area contributed by atoms with E-state index in [1.807, 2.05) is 6.07 Å². The maximum Gasteiger partial charge on any atom is 0.244 e. The fourth-order valence-corrected chi connectivity index (χ4v) is 4.16. The number of nitrogens with zero attached hydrogens (tertiary/aromatic N) is 2. The molecule has 2 saturated carbocycles. The summed E-state index contributed by atoms with van der Waals surface area (Å²) in [6.07, 6.45) is 4.40. The highest BCUT2D eigenvalue weighted by molar-refractivity contribution is 7.89. The average Bonchev–Trinajstić information content (AvgIpc) is 3.32. The van der Waals surface area contributed by atoms with Crippen LogP contribution in [-0.4, -0.2) is 25.8 Å². The molecule has 0 unspecified atom stereocenters. The van der Waals surface area contributed by atoms with E-state index in [1.54, 1.807) is 10.4 Å². The fraction of sp³-hybridized carbons (Fsp3) is 0.533. The molecule has 2 N–H and O–H groups in total. The molecule has 0 aromatic heterocycles. The molecule has 0 radical (unpaired) electrons. The lowest BCUT2D eigenvalue weighted by molar-refractivity contribution is 0.382. The van der Waals surface area contributed by atoms with Crippen molar-refractivity contribution in [1.29, 1.82) is 5.26 Å². The smallest absolute Gasteiger partial charge is 0.244 e. The van der Waals surface area contributed by atoms with Crippen LogP contribution in [0.2, 0.25) is 0 Å². The standard InChI is InChI=1S/C15H19N3O2S/c16-8-13-7-14(17)5-6-15(13)21(19,20)18(9-11-1-2-11)10-12-3-4-12/h5-7,11-12H,1-4,9-10,17H2. The van der Waals surface area contributed by atoms with Gasteiger partial charge in [-0.1, -0.05) is 0 Å². The van der Waals surface area contributed by atoms with E-state index in [4.69, 9.17) is 5.73 Å². The molecule has 1 aromatic rings. The Morgan fingerprint density at radius 1 is 1.19 bits per heavy atom. The van der Waals surface area contributed by atoms with Crippen LogP contribution < -0.4 is 5.73 Å². The molecule has 112 valence electrons. The second-order valence-electron chi connectivity index (χ2n) is 6.08. The summed E-state index contributed by atoms with van der Waals surface area (Å²) in [5.74, 6) is 0.968. The lowest BCUT2D eigenvalue weighted by Crippen LogP contribution is -2.35. The Bertz CT molecular complexity index is 671. The highest BCUT2D eigenvalue weighted by atomic mass is 32.2. The van der Waals surface area contributed by atoms with Crippen LogP contribution in [0, 0.1) is 23.2 Å². The summed E-state index contributed by atoms with van der Waals surface area (Å²) in [6, 6.07) is 6.38. The van der Waals surface area contributed by atoms with Gasteiger partial charge in [-0.05, 0) is 55.7 Å². The summed E-state index contributed by atoms with van der Waals surface area (Å²) in [7, 11) is -3.62. The number of nitrogen functional groups attached to an aromatic ring is 1. The van der Waals surface area contributed by atoms with E-state index in [-0.39, 0.29) is 10.5 Å². The predicted molar refractivity (Wildman–Crippen MR) is 79.8 cm³/mol. The first-order valence-corrected chi connectivity index (χ1v) is 8.74. The number of hydrogen-bond donors (Lipinski definition) is 1. The highest BCUT2D eigenvalue weighted by Crippen LogP contribution is 2.36. The van der Waals surface area contributed by atoms with E-state index in [9.17, 15) is 13.7 Å². The molecule has 21 heavy (non-hydrogen) atoms. The first-order chi connectivity index (χ1) is 10.0. The lowest BCUT2D eigenvalue weighted by Gasteiger charge is -2.22. The van der Waals surface area contributed by atoms with Gasteiger partial charge in [-0.15, -0.1) is 0 Å². The molecule has 1 aromatic carbocycles. The van der Waals surface area contributed by atoms with Crippen molar-refractivity contribution in [2.45, 2.75) is 30.6 Å². The van der Waals surface area contributed by atoms with Crippen LogP contribution in [0.25, 0.3) is 0 Å². The summed E-state index contributed by atoms with van der Waals surface area (Å²) >= 11 is 0. The molecular formula is C15H19N3O2S. The van der Waals surface area contributed by atoms with Gasteiger partial charge in [0.25, 0.3) is 0 Å². The third-order valence-electron chi connectivity index (χ3n) is 4.06. The van der Waals surface area contributed by atoms with Gasteiger partial charge in [0, 0.05) is 18.8 Å². The molecule has 2 aliphatic carbocycles. The number of anilines is 1. The van der Waals surface area contributed by atoms with Crippen molar-refractivity contribution < 1.29 is 8.42 Å². The van der Waals surface area contributed by atoms with Crippen LogP contribution in [0.3, 0.4) is 0 Å². The molecule has 2 fully saturated rings. The van der Waals surface area contributed by atoms with E-state index >= 15 is 0 Å². The molecule has 0 spiro atoms. The van der Waals surface area contributed by atoms with E-state index < -0.39 is 10.0 Å². The monoisotopic (exact) mass is 305 g/mol.